The number of carboxylic acids is 1. The molecule has 1 saturated heterocycles. The number of nitro groups is 1. The Bertz CT molecular complexity index is 543. The molecule has 7 nitrogen and oxygen atoms in total. The number of nitrogens with zero attached hydrogens (tertiary/aromatic N) is 1. The molecule has 20 heavy (non-hydrogen) atoms. The van der Waals surface area contributed by atoms with Crippen LogP contribution in [0.4, 0.5) is 11.4 Å². The van der Waals surface area contributed by atoms with Crippen molar-refractivity contribution in [1.29, 1.82) is 0 Å². The monoisotopic (exact) mass is 300 g/mol. The van der Waals surface area contributed by atoms with Gasteiger partial charge >= 0.3 is 5.97 Å². The van der Waals surface area contributed by atoms with Crippen LogP contribution in [-0.2, 0) is 4.74 Å². The molecule has 108 valence electrons. The van der Waals surface area contributed by atoms with Crippen LogP contribution in [0, 0.1) is 10.1 Å². The van der Waals surface area contributed by atoms with Crippen molar-refractivity contribution < 1.29 is 19.6 Å². The minimum Gasteiger partial charge on any atom is -0.478 e. The molecule has 8 heteroatoms. The van der Waals surface area contributed by atoms with Crippen LogP contribution < -0.4 is 5.32 Å². The molecule has 0 saturated carbocycles. The number of ether oxygens (including phenoxy) is 1. The average molecular weight is 301 g/mol. The van der Waals surface area contributed by atoms with E-state index >= 15 is 0 Å². The smallest absolute Gasteiger partial charge is 0.338 e. The Morgan fingerprint density at radius 2 is 2.30 bits per heavy atom. The quantitative estimate of drug-likeness (QED) is 0.654. The number of hydrogen-bond donors (Lipinski definition) is 2. The number of rotatable bonds is 4. The zero-order valence-corrected chi connectivity index (χ0v) is 11.2. The van der Waals surface area contributed by atoms with E-state index in [1.165, 1.54) is 0 Å². The zero-order chi connectivity index (χ0) is 14.7. The molecule has 1 heterocycles. The van der Waals surface area contributed by atoms with E-state index in [2.05, 4.69) is 5.32 Å². The van der Waals surface area contributed by atoms with Crippen molar-refractivity contribution in [3.63, 3.8) is 0 Å². The fourth-order valence-corrected chi connectivity index (χ4v) is 2.34. The Morgan fingerprint density at radius 3 is 2.85 bits per heavy atom. The second-order valence-electron chi connectivity index (χ2n) is 4.47. The molecule has 1 fully saturated rings. The Balaban J connectivity index is 2.35. The van der Waals surface area contributed by atoms with Crippen molar-refractivity contribution in [2.75, 3.05) is 18.5 Å². The molecule has 1 atom stereocenters. The van der Waals surface area contributed by atoms with Gasteiger partial charge < -0.3 is 15.2 Å². The van der Waals surface area contributed by atoms with E-state index in [-0.39, 0.29) is 28.0 Å². The first-order valence-electron chi connectivity index (χ1n) is 6.04. The molecule has 0 aromatic heterocycles. The lowest BCUT2D eigenvalue weighted by Gasteiger charge is -2.25. The molecular formula is C12H13ClN2O5. The highest BCUT2D eigenvalue weighted by Crippen LogP contribution is 2.32. The summed E-state index contributed by atoms with van der Waals surface area (Å²) in [5, 5.41) is 22.9. The van der Waals surface area contributed by atoms with E-state index < -0.39 is 10.9 Å². The number of anilines is 1. The molecular weight excluding hydrogens is 288 g/mol. The summed E-state index contributed by atoms with van der Waals surface area (Å²) < 4.78 is 5.30. The van der Waals surface area contributed by atoms with E-state index in [1.807, 2.05) is 0 Å². The van der Waals surface area contributed by atoms with E-state index in [0.29, 0.717) is 13.2 Å². The summed E-state index contributed by atoms with van der Waals surface area (Å²) in [7, 11) is 0. The number of hydrogen-bond acceptors (Lipinski definition) is 5. The van der Waals surface area contributed by atoms with Crippen molar-refractivity contribution >= 4 is 28.9 Å². The molecule has 2 N–H and O–H groups in total. The van der Waals surface area contributed by atoms with Crippen LogP contribution in [0.1, 0.15) is 23.2 Å². The van der Waals surface area contributed by atoms with E-state index in [9.17, 15) is 20.0 Å². The van der Waals surface area contributed by atoms with Gasteiger partial charge in [0.2, 0.25) is 0 Å². The van der Waals surface area contributed by atoms with Crippen LogP contribution in [0.3, 0.4) is 0 Å². The lowest BCUT2D eigenvalue weighted by atomic mass is 10.1. The maximum absolute atomic E-state index is 11.2. The number of non-ortho nitro benzene ring substituents is 1. The molecule has 1 aliphatic heterocycles. The van der Waals surface area contributed by atoms with Crippen molar-refractivity contribution in [3.05, 3.63) is 32.8 Å². The van der Waals surface area contributed by atoms with Crippen molar-refractivity contribution in [2.45, 2.75) is 18.9 Å². The summed E-state index contributed by atoms with van der Waals surface area (Å²) in [6.07, 6.45) is 1.69. The van der Waals surface area contributed by atoms with Gasteiger partial charge in [0.1, 0.15) is 0 Å². The zero-order valence-electron chi connectivity index (χ0n) is 10.5. The number of halogens is 1. The van der Waals surface area contributed by atoms with Crippen molar-refractivity contribution in [2.24, 2.45) is 0 Å². The van der Waals surface area contributed by atoms with Gasteiger partial charge in [-0.25, -0.2) is 4.79 Å². The van der Waals surface area contributed by atoms with Crippen molar-refractivity contribution in [3.8, 4) is 0 Å². The minimum atomic E-state index is -1.27. The summed E-state index contributed by atoms with van der Waals surface area (Å²) in [5.41, 5.74) is -0.368. The average Bonchev–Trinajstić information content (AvgIpc) is 2.41. The number of carbonyl (C=O) groups is 1. The number of aromatic carboxylic acids is 1. The molecule has 1 unspecified atom stereocenters. The predicted molar refractivity (Wildman–Crippen MR) is 72.5 cm³/mol. The first kappa shape index (κ1) is 14.5. The van der Waals surface area contributed by atoms with Crippen LogP contribution in [0.15, 0.2) is 12.1 Å². The second-order valence-corrected chi connectivity index (χ2v) is 4.88. The van der Waals surface area contributed by atoms with Crippen LogP contribution >= 0.6 is 11.6 Å². The summed E-state index contributed by atoms with van der Waals surface area (Å²) in [5.74, 6) is -1.27. The Morgan fingerprint density at radius 1 is 1.55 bits per heavy atom. The van der Waals surface area contributed by atoms with E-state index in [4.69, 9.17) is 16.3 Å². The molecule has 1 aromatic rings. The number of benzene rings is 1. The summed E-state index contributed by atoms with van der Waals surface area (Å²) >= 11 is 5.97. The van der Waals surface area contributed by atoms with Crippen LogP contribution in [0.25, 0.3) is 0 Å². The predicted octanol–water partition coefficient (Wildman–Crippen LogP) is 2.54. The standard InChI is InChI=1S/C12H13ClN2O5/c13-10-5-8(15(18)19)4-9(12(16)17)11(10)14-7-2-1-3-20-6-7/h4-5,7,14H,1-3,6H2,(H,16,17). The minimum absolute atomic E-state index is 0.0159. The third-order valence-electron chi connectivity index (χ3n) is 3.02. The Kier molecular flexibility index (Phi) is 4.41. The SMILES string of the molecule is O=C(O)c1cc([N+](=O)[O-])cc(Cl)c1NC1CCCOC1. The topological polar surface area (TPSA) is 102 Å². The van der Waals surface area contributed by atoms with E-state index in [0.717, 1.165) is 25.0 Å². The number of nitro benzene ring substituents is 1. The lowest BCUT2D eigenvalue weighted by molar-refractivity contribution is -0.384. The third kappa shape index (κ3) is 3.17. The van der Waals surface area contributed by atoms with E-state index in [1.54, 1.807) is 0 Å². The maximum atomic E-state index is 11.2. The summed E-state index contributed by atoms with van der Waals surface area (Å²) in [6, 6.07) is 2.08. The Labute approximate surface area is 119 Å². The van der Waals surface area contributed by atoms with Gasteiger partial charge in [0.25, 0.3) is 5.69 Å². The first-order valence-corrected chi connectivity index (χ1v) is 6.42. The highest BCUT2D eigenvalue weighted by Gasteiger charge is 2.23. The Hall–Kier alpha value is -1.86. The molecule has 0 aliphatic carbocycles. The van der Waals surface area contributed by atoms with Gasteiger partial charge in [-0.15, -0.1) is 0 Å². The molecule has 2 rings (SSSR count). The first-order chi connectivity index (χ1) is 9.49. The molecule has 1 aromatic carbocycles. The third-order valence-corrected chi connectivity index (χ3v) is 3.32. The van der Waals surface area contributed by atoms with Crippen LogP contribution in [-0.4, -0.2) is 35.3 Å². The van der Waals surface area contributed by atoms with Gasteiger partial charge in [0, 0.05) is 24.8 Å². The molecule has 0 bridgehead atoms. The number of carboxylic acid groups (broad SMARTS) is 1. The largest absolute Gasteiger partial charge is 0.478 e. The fourth-order valence-electron chi connectivity index (χ4n) is 2.07. The molecule has 1 aliphatic rings. The molecule has 0 radical (unpaired) electrons. The highest BCUT2D eigenvalue weighted by atomic mass is 35.5. The molecule has 0 amide bonds. The van der Waals surface area contributed by atoms with Gasteiger partial charge in [0.15, 0.2) is 0 Å². The fraction of sp³-hybridized carbons (Fsp3) is 0.417. The van der Waals surface area contributed by atoms with Gasteiger partial charge in [-0.05, 0) is 12.8 Å². The van der Waals surface area contributed by atoms with Crippen LogP contribution in [0.5, 0.6) is 0 Å². The van der Waals surface area contributed by atoms with Gasteiger partial charge in [0.05, 0.1) is 27.8 Å². The maximum Gasteiger partial charge on any atom is 0.338 e. The van der Waals surface area contributed by atoms with Gasteiger partial charge in [-0.2, -0.15) is 0 Å². The lowest BCUT2D eigenvalue weighted by Crippen LogP contribution is -2.30. The van der Waals surface area contributed by atoms with Gasteiger partial charge in [-0.1, -0.05) is 11.6 Å². The molecule has 0 spiro atoms. The van der Waals surface area contributed by atoms with Crippen molar-refractivity contribution in [1.82, 2.24) is 0 Å². The highest BCUT2D eigenvalue weighted by molar-refractivity contribution is 6.34. The summed E-state index contributed by atoms with van der Waals surface area (Å²) in [6.45, 7) is 1.13. The number of nitrogens with one attached hydrogen (secondary N) is 1. The van der Waals surface area contributed by atoms with Crippen LogP contribution in [0.2, 0.25) is 5.02 Å². The normalized spacial score (nSPS) is 18.6. The van der Waals surface area contributed by atoms with Gasteiger partial charge in [-0.3, -0.25) is 10.1 Å². The summed E-state index contributed by atoms with van der Waals surface area (Å²) in [4.78, 5) is 21.3. The second kappa shape index (κ2) is 6.06.